The van der Waals surface area contributed by atoms with Gasteiger partial charge in [0.05, 0.1) is 25.4 Å². The lowest BCUT2D eigenvalue weighted by Crippen LogP contribution is -2.38. The van der Waals surface area contributed by atoms with E-state index in [0.29, 0.717) is 12.5 Å². The molecule has 4 nitrogen and oxygen atoms in total. The van der Waals surface area contributed by atoms with E-state index >= 15 is 0 Å². The SMILES string of the molecule is CC(OCn1cnc2ccc(N)cc21)[Si](C)(C)C. The normalized spacial score (nSPS) is 14.0. The third-order valence-electron chi connectivity index (χ3n) is 3.33. The summed E-state index contributed by atoms with van der Waals surface area (Å²) < 4.78 is 7.94. The number of imidazole rings is 1. The minimum atomic E-state index is -1.25. The van der Waals surface area contributed by atoms with Gasteiger partial charge in [0.2, 0.25) is 0 Å². The monoisotopic (exact) mass is 263 g/mol. The van der Waals surface area contributed by atoms with Gasteiger partial charge in [0.25, 0.3) is 0 Å². The summed E-state index contributed by atoms with van der Waals surface area (Å²) in [5.41, 5.74) is 8.85. The molecule has 1 atom stereocenters. The van der Waals surface area contributed by atoms with Gasteiger partial charge in [0.1, 0.15) is 6.73 Å². The predicted molar refractivity (Wildman–Crippen MR) is 78.0 cm³/mol. The molecular formula is C13H21N3OSi. The fraction of sp³-hybridized carbons (Fsp3) is 0.462. The number of benzene rings is 1. The number of nitrogen functional groups attached to an aromatic ring is 1. The Bertz CT molecular complexity index is 545. The number of ether oxygens (including phenoxy) is 1. The Morgan fingerprint density at radius 1 is 1.39 bits per heavy atom. The van der Waals surface area contributed by atoms with Crippen LogP contribution in [0.3, 0.4) is 0 Å². The van der Waals surface area contributed by atoms with E-state index in [4.69, 9.17) is 10.5 Å². The van der Waals surface area contributed by atoms with Gasteiger partial charge in [-0.3, -0.25) is 0 Å². The summed E-state index contributed by atoms with van der Waals surface area (Å²) in [4.78, 5) is 4.34. The minimum Gasteiger partial charge on any atom is -0.399 e. The number of nitrogens with zero attached hydrogens (tertiary/aromatic N) is 2. The van der Waals surface area contributed by atoms with Crippen molar-refractivity contribution >= 4 is 24.8 Å². The molecule has 2 rings (SSSR count). The molecule has 18 heavy (non-hydrogen) atoms. The summed E-state index contributed by atoms with van der Waals surface area (Å²) in [7, 11) is -1.25. The van der Waals surface area contributed by atoms with Crippen LogP contribution in [-0.4, -0.2) is 23.4 Å². The summed E-state index contributed by atoms with van der Waals surface area (Å²) in [6, 6.07) is 5.74. The Labute approximate surface area is 109 Å². The van der Waals surface area contributed by atoms with Gasteiger partial charge < -0.3 is 15.0 Å². The largest absolute Gasteiger partial charge is 0.399 e. The van der Waals surface area contributed by atoms with Crippen LogP contribution in [0.5, 0.6) is 0 Å². The van der Waals surface area contributed by atoms with Gasteiger partial charge in [-0.1, -0.05) is 19.6 Å². The van der Waals surface area contributed by atoms with Crippen molar-refractivity contribution in [2.75, 3.05) is 5.73 Å². The molecule has 2 N–H and O–H groups in total. The van der Waals surface area contributed by atoms with Crippen LogP contribution in [-0.2, 0) is 11.5 Å². The van der Waals surface area contributed by atoms with E-state index in [1.54, 1.807) is 6.33 Å². The number of rotatable bonds is 4. The number of nitrogens with two attached hydrogens (primary N) is 1. The maximum absolute atomic E-state index is 5.94. The zero-order chi connectivity index (χ0) is 13.3. The third kappa shape index (κ3) is 2.73. The van der Waals surface area contributed by atoms with Crippen molar-refractivity contribution in [1.82, 2.24) is 9.55 Å². The highest BCUT2D eigenvalue weighted by Crippen LogP contribution is 2.17. The van der Waals surface area contributed by atoms with Crippen LogP contribution in [0, 0.1) is 0 Å². The highest BCUT2D eigenvalue weighted by molar-refractivity contribution is 6.77. The van der Waals surface area contributed by atoms with E-state index in [1.807, 2.05) is 22.8 Å². The molecule has 0 saturated heterocycles. The van der Waals surface area contributed by atoms with Gasteiger partial charge in [-0.05, 0) is 25.1 Å². The fourth-order valence-electron chi connectivity index (χ4n) is 1.62. The van der Waals surface area contributed by atoms with Gasteiger partial charge >= 0.3 is 0 Å². The Hall–Kier alpha value is -1.33. The molecular weight excluding hydrogens is 242 g/mol. The van der Waals surface area contributed by atoms with Gasteiger partial charge in [0.15, 0.2) is 0 Å². The van der Waals surface area contributed by atoms with Crippen molar-refractivity contribution in [2.45, 2.75) is 39.0 Å². The lowest BCUT2D eigenvalue weighted by Gasteiger charge is -2.25. The molecule has 0 radical (unpaired) electrons. The highest BCUT2D eigenvalue weighted by atomic mass is 28.3. The molecule has 5 heteroatoms. The molecule has 0 spiro atoms. The summed E-state index contributed by atoms with van der Waals surface area (Å²) in [5.74, 6) is 0. The summed E-state index contributed by atoms with van der Waals surface area (Å²) in [6.07, 6.45) is 1.81. The molecule has 1 aromatic heterocycles. The zero-order valence-electron chi connectivity index (χ0n) is 11.5. The maximum Gasteiger partial charge on any atom is 0.124 e. The molecule has 0 fully saturated rings. The second-order valence-electron chi connectivity index (χ2n) is 5.77. The maximum atomic E-state index is 5.94. The van der Waals surface area contributed by atoms with Crippen LogP contribution < -0.4 is 5.73 Å². The van der Waals surface area contributed by atoms with E-state index in [-0.39, 0.29) is 0 Å². The van der Waals surface area contributed by atoms with Gasteiger partial charge in [0, 0.05) is 11.4 Å². The Morgan fingerprint density at radius 3 is 2.78 bits per heavy atom. The highest BCUT2D eigenvalue weighted by Gasteiger charge is 2.23. The van der Waals surface area contributed by atoms with Crippen LogP contribution in [0.25, 0.3) is 11.0 Å². The molecule has 0 aliphatic carbocycles. The van der Waals surface area contributed by atoms with Gasteiger partial charge in [-0.2, -0.15) is 0 Å². The molecule has 0 aliphatic heterocycles. The van der Waals surface area contributed by atoms with E-state index in [1.165, 1.54) is 0 Å². The van der Waals surface area contributed by atoms with Crippen molar-refractivity contribution in [1.29, 1.82) is 0 Å². The Morgan fingerprint density at radius 2 is 2.11 bits per heavy atom. The number of hydrogen-bond donors (Lipinski definition) is 1. The second kappa shape index (κ2) is 4.74. The van der Waals surface area contributed by atoms with Crippen molar-refractivity contribution in [3.05, 3.63) is 24.5 Å². The molecule has 1 aromatic carbocycles. The van der Waals surface area contributed by atoms with Crippen LogP contribution in [0.1, 0.15) is 6.92 Å². The molecule has 1 unspecified atom stereocenters. The number of anilines is 1. The Balaban J connectivity index is 2.15. The lowest BCUT2D eigenvalue weighted by atomic mass is 10.3. The Kier molecular flexibility index (Phi) is 3.45. The lowest BCUT2D eigenvalue weighted by molar-refractivity contribution is 0.0589. The second-order valence-corrected chi connectivity index (χ2v) is 11.3. The number of fused-ring (bicyclic) bond motifs is 1. The van der Waals surface area contributed by atoms with E-state index in [9.17, 15) is 0 Å². The first-order valence-corrected chi connectivity index (χ1v) is 9.77. The standard InChI is InChI=1S/C13H21N3OSi/c1-10(18(2,3)4)17-9-16-8-15-12-6-5-11(14)7-13(12)16/h5-8,10H,9,14H2,1-4H3. The van der Waals surface area contributed by atoms with Crippen molar-refractivity contribution < 1.29 is 4.74 Å². The molecule has 2 aromatic rings. The molecule has 0 aliphatic rings. The summed E-state index contributed by atoms with van der Waals surface area (Å²) >= 11 is 0. The van der Waals surface area contributed by atoms with E-state index < -0.39 is 8.07 Å². The summed E-state index contributed by atoms with van der Waals surface area (Å²) in [5, 5.41) is 0. The summed E-state index contributed by atoms with van der Waals surface area (Å²) in [6.45, 7) is 9.61. The van der Waals surface area contributed by atoms with E-state index in [0.717, 1.165) is 16.7 Å². The zero-order valence-corrected chi connectivity index (χ0v) is 12.5. The van der Waals surface area contributed by atoms with Crippen LogP contribution in [0.15, 0.2) is 24.5 Å². The molecule has 98 valence electrons. The van der Waals surface area contributed by atoms with Crippen LogP contribution in [0.2, 0.25) is 19.6 Å². The van der Waals surface area contributed by atoms with Crippen molar-refractivity contribution in [3.8, 4) is 0 Å². The van der Waals surface area contributed by atoms with Crippen LogP contribution in [0.4, 0.5) is 5.69 Å². The number of aromatic nitrogens is 2. The first-order chi connectivity index (χ1) is 8.38. The molecule has 0 saturated carbocycles. The van der Waals surface area contributed by atoms with Gasteiger partial charge in [-0.25, -0.2) is 4.98 Å². The van der Waals surface area contributed by atoms with E-state index in [2.05, 4.69) is 31.5 Å². The van der Waals surface area contributed by atoms with Gasteiger partial charge in [-0.15, -0.1) is 0 Å². The first-order valence-electron chi connectivity index (χ1n) is 6.20. The third-order valence-corrected chi connectivity index (χ3v) is 5.93. The predicted octanol–water partition coefficient (Wildman–Crippen LogP) is 2.86. The average Bonchev–Trinajstić information content (AvgIpc) is 2.67. The fourth-order valence-corrected chi connectivity index (χ4v) is 2.19. The minimum absolute atomic E-state index is 0.316. The molecule has 0 bridgehead atoms. The topological polar surface area (TPSA) is 53.1 Å². The quantitative estimate of drug-likeness (QED) is 0.681. The van der Waals surface area contributed by atoms with Crippen LogP contribution >= 0.6 is 0 Å². The number of hydrogen-bond acceptors (Lipinski definition) is 3. The molecule has 0 amide bonds. The smallest absolute Gasteiger partial charge is 0.124 e. The van der Waals surface area contributed by atoms with Crippen molar-refractivity contribution in [3.63, 3.8) is 0 Å². The first kappa shape index (κ1) is 13.1. The van der Waals surface area contributed by atoms with Crippen molar-refractivity contribution in [2.24, 2.45) is 0 Å². The average molecular weight is 263 g/mol. The molecule has 1 heterocycles.